The summed E-state index contributed by atoms with van der Waals surface area (Å²) >= 11 is 0. The van der Waals surface area contributed by atoms with Crippen molar-refractivity contribution >= 4 is 10.2 Å². The highest BCUT2D eigenvalue weighted by atomic mass is 32.2. The molecule has 2 atom stereocenters. The van der Waals surface area contributed by atoms with Gasteiger partial charge in [-0.15, -0.1) is 0 Å². The van der Waals surface area contributed by atoms with Gasteiger partial charge in [-0.05, 0) is 19.8 Å². The number of piperidine rings is 1. The average Bonchev–Trinajstić information content (AvgIpc) is 2.39. The Bertz CT molecular complexity index is 373. The number of morpholine rings is 1. The highest BCUT2D eigenvalue weighted by Crippen LogP contribution is 2.24. The van der Waals surface area contributed by atoms with Crippen LogP contribution in [0, 0.1) is 0 Å². The van der Waals surface area contributed by atoms with E-state index in [0.717, 1.165) is 19.3 Å². The number of hydrogen-bond donors (Lipinski definition) is 1. The van der Waals surface area contributed by atoms with Crippen LogP contribution in [0.2, 0.25) is 0 Å². The number of rotatable bonds is 3. The van der Waals surface area contributed by atoms with E-state index in [1.54, 1.807) is 4.31 Å². The fraction of sp³-hybridized carbons (Fsp3) is 1.00. The van der Waals surface area contributed by atoms with E-state index in [0.29, 0.717) is 19.7 Å². The van der Waals surface area contributed by atoms with Crippen molar-refractivity contribution in [2.75, 3.05) is 32.9 Å². The molecule has 2 aliphatic heterocycles. The largest absolute Gasteiger partial charge is 0.395 e. The molecule has 2 aliphatic rings. The van der Waals surface area contributed by atoms with Gasteiger partial charge in [-0.2, -0.15) is 17.0 Å². The summed E-state index contributed by atoms with van der Waals surface area (Å²) in [6, 6.07) is -0.399. The van der Waals surface area contributed by atoms with Crippen LogP contribution in [0.25, 0.3) is 0 Å². The summed E-state index contributed by atoms with van der Waals surface area (Å²) in [6.07, 6.45) is 2.91. The maximum absolute atomic E-state index is 12.6. The number of aliphatic hydroxyl groups excluding tert-OH is 1. The third-order valence-corrected chi connectivity index (χ3v) is 5.93. The average molecular weight is 278 g/mol. The molecule has 6 nitrogen and oxygen atoms in total. The first-order valence-electron chi connectivity index (χ1n) is 6.54. The summed E-state index contributed by atoms with van der Waals surface area (Å²) in [5.74, 6) is 0. The fourth-order valence-electron chi connectivity index (χ4n) is 2.64. The van der Waals surface area contributed by atoms with Crippen molar-refractivity contribution in [2.24, 2.45) is 0 Å². The van der Waals surface area contributed by atoms with E-state index in [2.05, 4.69) is 0 Å². The first kappa shape index (κ1) is 14.2. The van der Waals surface area contributed by atoms with Crippen LogP contribution < -0.4 is 0 Å². The summed E-state index contributed by atoms with van der Waals surface area (Å²) in [5.41, 5.74) is 0. The van der Waals surface area contributed by atoms with Gasteiger partial charge in [0.25, 0.3) is 10.2 Å². The van der Waals surface area contributed by atoms with Crippen LogP contribution >= 0.6 is 0 Å². The van der Waals surface area contributed by atoms with Gasteiger partial charge in [-0.25, -0.2) is 0 Å². The van der Waals surface area contributed by atoms with E-state index >= 15 is 0 Å². The van der Waals surface area contributed by atoms with Crippen LogP contribution in [-0.4, -0.2) is 67.1 Å². The monoisotopic (exact) mass is 278 g/mol. The predicted molar refractivity (Wildman–Crippen MR) is 67.3 cm³/mol. The molecule has 2 heterocycles. The molecule has 2 fully saturated rings. The summed E-state index contributed by atoms with van der Waals surface area (Å²) in [6.45, 7) is 3.35. The molecule has 2 unspecified atom stereocenters. The number of aliphatic hydroxyl groups is 1. The lowest BCUT2D eigenvalue weighted by Crippen LogP contribution is -2.57. The zero-order valence-electron chi connectivity index (χ0n) is 10.8. The molecule has 0 aromatic heterocycles. The maximum atomic E-state index is 12.6. The minimum atomic E-state index is -3.47. The Balaban J connectivity index is 2.17. The van der Waals surface area contributed by atoms with E-state index in [9.17, 15) is 13.5 Å². The van der Waals surface area contributed by atoms with Gasteiger partial charge in [-0.3, -0.25) is 0 Å². The standard InChI is InChI=1S/C11H22N2O4S/c1-10-4-2-3-5-12(10)18(15,16)13-6-7-17-9-11(13)8-14/h10-11,14H,2-9H2,1H3. The van der Waals surface area contributed by atoms with Crippen molar-refractivity contribution in [3.8, 4) is 0 Å². The molecule has 2 saturated heterocycles. The van der Waals surface area contributed by atoms with Crippen LogP contribution in [0.1, 0.15) is 26.2 Å². The van der Waals surface area contributed by atoms with Crippen molar-refractivity contribution < 1.29 is 18.3 Å². The smallest absolute Gasteiger partial charge is 0.282 e. The van der Waals surface area contributed by atoms with E-state index in [1.165, 1.54) is 4.31 Å². The summed E-state index contributed by atoms with van der Waals surface area (Å²) < 4.78 is 33.4. The van der Waals surface area contributed by atoms with Crippen molar-refractivity contribution in [1.82, 2.24) is 8.61 Å². The Morgan fingerprint density at radius 2 is 2.06 bits per heavy atom. The first-order valence-corrected chi connectivity index (χ1v) is 7.94. The van der Waals surface area contributed by atoms with Gasteiger partial charge in [0.1, 0.15) is 0 Å². The molecule has 0 aliphatic carbocycles. The number of hydrogen-bond acceptors (Lipinski definition) is 4. The van der Waals surface area contributed by atoms with Gasteiger partial charge in [0.2, 0.25) is 0 Å². The lowest BCUT2D eigenvalue weighted by atomic mass is 10.1. The van der Waals surface area contributed by atoms with E-state index in [4.69, 9.17) is 4.74 Å². The molecule has 106 valence electrons. The molecule has 0 aromatic carbocycles. The lowest BCUT2D eigenvalue weighted by molar-refractivity contribution is 0.00717. The number of ether oxygens (including phenoxy) is 1. The Morgan fingerprint density at radius 1 is 1.28 bits per heavy atom. The molecule has 0 spiro atoms. The maximum Gasteiger partial charge on any atom is 0.282 e. The summed E-state index contributed by atoms with van der Waals surface area (Å²) in [4.78, 5) is 0. The van der Waals surface area contributed by atoms with Gasteiger partial charge in [0.05, 0.1) is 25.9 Å². The quantitative estimate of drug-likeness (QED) is 0.776. The second-order valence-corrected chi connectivity index (χ2v) is 6.82. The van der Waals surface area contributed by atoms with Gasteiger partial charge in [-0.1, -0.05) is 6.42 Å². The molecule has 0 radical (unpaired) electrons. The SMILES string of the molecule is CC1CCCCN1S(=O)(=O)N1CCOCC1CO. The topological polar surface area (TPSA) is 70.1 Å². The molecular weight excluding hydrogens is 256 g/mol. The lowest BCUT2D eigenvalue weighted by Gasteiger charge is -2.40. The van der Waals surface area contributed by atoms with Crippen LogP contribution in [0.5, 0.6) is 0 Å². The van der Waals surface area contributed by atoms with Crippen molar-refractivity contribution in [1.29, 1.82) is 0 Å². The molecular formula is C11H22N2O4S. The van der Waals surface area contributed by atoms with Crippen molar-refractivity contribution in [3.63, 3.8) is 0 Å². The Labute approximate surface area is 109 Å². The zero-order valence-corrected chi connectivity index (χ0v) is 11.6. The second kappa shape index (κ2) is 5.83. The highest BCUT2D eigenvalue weighted by Gasteiger charge is 2.39. The predicted octanol–water partition coefficient (Wildman–Crippen LogP) is -0.201. The van der Waals surface area contributed by atoms with E-state index in [-0.39, 0.29) is 19.3 Å². The van der Waals surface area contributed by atoms with Crippen LogP contribution in [0.3, 0.4) is 0 Å². The molecule has 2 rings (SSSR count). The van der Waals surface area contributed by atoms with Gasteiger partial charge in [0, 0.05) is 19.1 Å². The molecule has 0 amide bonds. The molecule has 0 saturated carbocycles. The Kier molecular flexibility index (Phi) is 4.60. The third kappa shape index (κ3) is 2.70. The Hall–Kier alpha value is -0.210. The summed E-state index contributed by atoms with van der Waals surface area (Å²) in [7, 11) is -3.47. The van der Waals surface area contributed by atoms with Crippen LogP contribution in [-0.2, 0) is 14.9 Å². The fourth-order valence-corrected chi connectivity index (χ4v) is 4.64. The van der Waals surface area contributed by atoms with Crippen molar-refractivity contribution in [2.45, 2.75) is 38.3 Å². The zero-order chi connectivity index (χ0) is 13.2. The normalized spacial score (nSPS) is 32.6. The van der Waals surface area contributed by atoms with Crippen LogP contribution in [0.4, 0.5) is 0 Å². The molecule has 18 heavy (non-hydrogen) atoms. The second-order valence-electron chi connectivity index (χ2n) is 4.99. The van der Waals surface area contributed by atoms with Crippen LogP contribution in [0.15, 0.2) is 0 Å². The summed E-state index contributed by atoms with van der Waals surface area (Å²) in [5, 5.41) is 9.28. The highest BCUT2D eigenvalue weighted by molar-refractivity contribution is 7.86. The molecule has 0 bridgehead atoms. The first-order chi connectivity index (χ1) is 8.57. The Morgan fingerprint density at radius 3 is 2.72 bits per heavy atom. The minimum Gasteiger partial charge on any atom is -0.395 e. The minimum absolute atomic E-state index is 0.0472. The van der Waals surface area contributed by atoms with E-state index in [1.807, 2.05) is 6.92 Å². The van der Waals surface area contributed by atoms with E-state index < -0.39 is 16.3 Å². The number of nitrogens with zero attached hydrogens (tertiary/aromatic N) is 2. The van der Waals surface area contributed by atoms with Gasteiger partial charge in [0.15, 0.2) is 0 Å². The molecule has 1 N–H and O–H groups in total. The van der Waals surface area contributed by atoms with Gasteiger partial charge < -0.3 is 9.84 Å². The molecule has 0 aromatic rings. The third-order valence-electron chi connectivity index (χ3n) is 3.72. The van der Waals surface area contributed by atoms with Crippen molar-refractivity contribution in [3.05, 3.63) is 0 Å². The van der Waals surface area contributed by atoms with Gasteiger partial charge >= 0.3 is 0 Å². The molecule has 7 heteroatoms.